The van der Waals surface area contributed by atoms with E-state index in [0.717, 1.165) is 18.7 Å². The number of hydrogen-bond acceptors (Lipinski definition) is 2. The van der Waals surface area contributed by atoms with Gasteiger partial charge in [0.05, 0.1) is 4.88 Å². The van der Waals surface area contributed by atoms with Gasteiger partial charge in [-0.2, -0.15) is 0 Å². The number of carbonyl (C=O) groups excluding carboxylic acids is 1. The van der Waals surface area contributed by atoms with Crippen LogP contribution in [0, 0.1) is 6.92 Å². The molecular formula is C12H8Br2OS. The number of ketones is 1. The summed E-state index contributed by atoms with van der Waals surface area (Å²) >= 11 is 8.27. The molecule has 0 N–H and O–H groups in total. The van der Waals surface area contributed by atoms with E-state index in [-0.39, 0.29) is 5.78 Å². The zero-order valence-electron chi connectivity index (χ0n) is 8.46. The highest BCUT2D eigenvalue weighted by atomic mass is 79.9. The molecule has 0 unspecified atom stereocenters. The molecule has 0 atom stereocenters. The number of carbonyl (C=O) groups is 1. The van der Waals surface area contributed by atoms with Crippen molar-refractivity contribution in [3.63, 3.8) is 0 Å². The highest BCUT2D eigenvalue weighted by molar-refractivity contribution is 9.10. The summed E-state index contributed by atoms with van der Waals surface area (Å²) in [6.07, 6.45) is 0. The van der Waals surface area contributed by atoms with Gasteiger partial charge in [0.1, 0.15) is 0 Å². The van der Waals surface area contributed by atoms with E-state index >= 15 is 0 Å². The summed E-state index contributed by atoms with van der Waals surface area (Å²) in [5.74, 6) is 0.0671. The molecule has 0 saturated heterocycles. The van der Waals surface area contributed by atoms with Gasteiger partial charge in [-0.25, -0.2) is 0 Å². The second kappa shape index (κ2) is 4.82. The molecule has 0 aliphatic rings. The van der Waals surface area contributed by atoms with Gasteiger partial charge in [-0.15, -0.1) is 11.3 Å². The predicted molar refractivity (Wildman–Crippen MR) is 74.3 cm³/mol. The Morgan fingerprint density at radius 1 is 1.19 bits per heavy atom. The molecule has 2 aromatic rings. The Hall–Kier alpha value is -0.450. The van der Waals surface area contributed by atoms with Gasteiger partial charge in [0, 0.05) is 19.4 Å². The SMILES string of the molecule is Cc1cc(Br)c(C(=O)c2ccc(Br)cc2)s1. The molecule has 0 saturated carbocycles. The second-order valence-corrected chi connectivity index (χ2v) is 6.40. The van der Waals surface area contributed by atoms with Gasteiger partial charge in [-0.05, 0) is 53.2 Å². The Morgan fingerprint density at radius 3 is 2.31 bits per heavy atom. The molecule has 1 heterocycles. The van der Waals surface area contributed by atoms with Crippen LogP contribution in [0.1, 0.15) is 20.1 Å². The first-order valence-electron chi connectivity index (χ1n) is 4.64. The standard InChI is InChI=1S/C12H8Br2OS/c1-7-6-10(14)12(16-7)11(15)8-2-4-9(13)5-3-8/h2-6H,1H3. The van der Waals surface area contributed by atoms with E-state index in [2.05, 4.69) is 31.9 Å². The van der Waals surface area contributed by atoms with Crippen molar-refractivity contribution in [1.82, 2.24) is 0 Å². The van der Waals surface area contributed by atoms with E-state index < -0.39 is 0 Å². The van der Waals surface area contributed by atoms with Crippen LogP contribution in [0.3, 0.4) is 0 Å². The third kappa shape index (κ3) is 2.44. The Bertz CT molecular complexity index is 528. The summed E-state index contributed by atoms with van der Waals surface area (Å²) in [7, 11) is 0. The summed E-state index contributed by atoms with van der Waals surface area (Å²) in [5.41, 5.74) is 0.714. The Morgan fingerprint density at radius 2 is 1.81 bits per heavy atom. The van der Waals surface area contributed by atoms with Crippen LogP contribution < -0.4 is 0 Å². The molecule has 0 amide bonds. The van der Waals surface area contributed by atoms with Gasteiger partial charge in [-0.3, -0.25) is 4.79 Å². The first kappa shape index (κ1) is 12.0. The molecule has 0 spiro atoms. The predicted octanol–water partition coefficient (Wildman–Crippen LogP) is 4.81. The highest BCUT2D eigenvalue weighted by Gasteiger charge is 2.15. The summed E-state index contributed by atoms with van der Waals surface area (Å²) in [4.78, 5) is 14.1. The average molecular weight is 360 g/mol. The zero-order chi connectivity index (χ0) is 11.7. The number of hydrogen-bond donors (Lipinski definition) is 0. The summed E-state index contributed by atoms with van der Waals surface area (Å²) in [6, 6.07) is 9.38. The lowest BCUT2D eigenvalue weighted by Gasteiger charge is -1.99. The van der Waals surface area contributed by atoms with Crippen molar-refractivity contribution in [3.8, 4) is 0 Å². The Balaban J connectivity index is 2.39. The van der Waals surface area contributed by atoms with E-state index in [1.807, 2.05) is 37.3 Å². The largest absolute Gasteiger partial charge is 0.288 e. The molecule has 0 fully saturated rings. The Kier molecular flexibility index (Phi) is 3.62. The highest BCUT2D eigenvalue weighted by Crippen LogP contribution is 2.29. The van der Waals surface area contributed by atoms with Crippen molar-refractivity contribution in [2.45, 2.75) is 6.92 Å². The fourth-order valence-electron chi connectivity index (χ4n) is 1.37. The normalized spacial score (nSPS) is 10.4. The van der Waals surface area contributed by atoms with Crippen molar-refractivity contribution in [1.29, 1.82) is 0 Å². The van der Waals surface area contributed by atoms with Crippen LogP contribution >= 0.6 is 43.2 Å². The quantitative estimate of drug-likeness (QED) is 0.703. The Labute approximate surface area is 115 Å². The maximum Gasteiger partial charge on any atom is 0.204 e. The molecule has 0 aliphatic heterocycles. The van der Waals surface area contributed by atoms with Crippen LogP contribution in [0.15, 0.2) is 39.3 Å². The van der Waals surface area contributed by atoms with Crippen molar-refractivity contribution in [3.05, 3.63) is 54.6 Å². The molecule has 1 aromatic heterocycles. The van der Waals surface area contributed by atoms with E-state index in [1.54, 1.807) is 0 Å². The summed E-state index contributed by atoms with van der Waals surface area (Å²) < 4.78 is 1.85. The topological polar surface area (TPSA) is 17.1 Å². The fourth-order valence-corrected chi connectivity index (χ4v) is 3.42. The van der Waals surface area contributed by atoms with Gasteiger partial charge < -0.3 is 0 Å². The molecule has 0 bridgehead atoms. The van der Waals surface area contributed by atoms with Gasteiger partial charge in [-0.1, -0.05) is 15.9 Å². The van der Waals surface area contributed by atoms with Gasteiger partial charge >= 0.3 is 0 Å². The van der Waals surface area contributed by atoms with E-state index in [0.29, 0.717) is 5.56 Å². The van der Waals surface area contributed by atoms with Crippen molar-refractivity contribution in [2.24, 2.45) is 0 Å². The fraction of sp³-hybridized carbons (Fsp3) is 0.0833. The first-order chi connectivity index (χ1) is 7.58. The molecular weight excluding hydrogens is 352 g/mol. The smallest absolute Gasteiger partial charge is 0.204 e. The minimum absolute atomic E-state index is 0.0671. The van der Waals surface area contributed by atoms with Crippen molar-refractivity contribution in [2.75, 3.05) is 0 Å². The maximum absolute atomic E-state index is 12.2. The van der Waals surface area contributed by atoms with Gasteiger partial charge in [0.2, 0.25) is 5.78 Å². The van der Waals surface area contributed by atoms with Crippen LogP contribution in [0.2, 0.25) is 0 Å². The van der Waals surface area contributed by atoms with Gasteiger partial charge in [0.15, 0.2) is 0 Å². The van der Waals surface area contributed by atoms with Crippen LogP contribution in [0.25, 0.3) is 0 Å². The number of rotatable bonds is 2. The second-order valence-electron chi connectivity index (χ2n) is 3.37. The lowest BCUT2D eigenvalue weighted by Crippen LogP contribution is -1.98. The van der Waals surface area contributed by atoms with E-state index in [9.17, 15) is 4.79 Å². The number of benzene rings is 1. The van der Waals surface area contributed by atoms with Crippen LogP contribution in [-0.2, 0) is 0 Å². The zero-order valence-corrected chi connectivity index (χ0v) is 12.4. The van der Waals surface area contributed by atoms with Gasteiger partial charge in [0.25, 0.3) is 0 Å². The lowest BCUT2D eigenvalue weighted by molar-refractivity contribution is 0.104. The maximum atomic E-state index is 12.2. The van der Waals surface area contributed by atoms with Crippen molar-refractivity contribution < 1.29 is 4.79 Å². The van der Waals surface area contributed by atoms with E-state index in [4.69, 9.17) is 0 Å². The number of halogens is 2. The summed E-state index contributed by atoms with van der Waals surface area (Å²) in [6.45, 7) is 1.99. The molecule has 1 aromatic carbocycles. The molecule has 0 radical (unpaired) electrons. The average Bonchev–Trinajstić information content (AvgIpc) is 2.58. The molecule has 2 rings (SSSR count). The molecule has 16 heavy (non-hydrogen) atoms. The minimum atomic E-state index is 0.0671. The number of aryl methyl sites for hydroxylation is 1. The molecule has 4 heteroatoms. The molecule has 0 aliphatic carbocycles. The lowest BCUT2D eigenvalue weighted by atomic mass is 10.1. The number of thiophene rings is 1. The monoisotopic (exact) mass is 358 g/mol. The third-order valence-corrected chi connectivity index (χ3v) is 4.59. The molecule has 1 nitrogen and oxygen atoms in total. The minimum Gasteiger partial charge on any atom is -0.288 e. The molecule has 82 valence electrons. The third-order valence-electron chi connectivity index (χ3n) is 2.12. The summed E-state index contributed by atoms with van der Waals surface area (Å²) in [5, 5.41) is 0. The first-order valence-corrected chi connectivity index (χ1v) is 7.04. The van der Waals surface area contributed by atoms with Crippen LogP contribution in [0.4, 0.5) is 0 Å². The van der Waals surface area contributed by atoms with E-state index in [1.165, 1.54) is 11.3 Å². The van der Waals surface area contributed by atoms with Crippen LogP contribution in [-0.4, -0.2) is 5.78 Å². The van der Waals surface area contributed by atoms with Crippen LogP contribution in [0.5, 0.6) is 0 Å². The van der Waals surface area contributed by atoms with Crippen molar-refractivity contribution >= 4 is 49.0 Å².